The van der Waals surface area contributed by atoms with E-state index in [9.17, 15) is 4.79 Å². The maximum absolute atomic E-state index is 11.2. The number of rotatable bonds is 5. The first-order valence-electron chi connectivity index (χ1n) is 9.51. The van der Waals surface area contributed by atoms with Crippen molar-refractivity contribution in [2.45, 2.75) is 57.0 Å². The Morgan fingerprint density at radius 2 is 1.92 bits per heavy atom. The number of carbonyl (C=O) groups excluding carboxylic acids is 1. The van der Waals surface area contributed by atoms with Crippen LogP contribution in [0, 0.1) is 0 Å². The molecule has 2 aliphatic carbocycles. The minimum atomic E-state index is -0.249. The number of nitrogens with two attached hydrogens (primary N) is 1. The van der Waals surface area contributed by atoms with Crippen LogP contribution in [0.2, 0.25) is 0 Å². The van der Waals surface area contributed by atoms with Gasteiger partial charge in [-0.2, -0.15) is 0 Å². The van der Waals surface area contributed by atoms with E-state index in [1.165, 1.54) is 28.7 Å². The lowest BCUT2D eigenvalue weighted by atomic mass is 9.89. The molecule has 2 aliphatic rings. The van der Waals surface area contributed by atoms with Crippen LogP contribution < -0.4 is 10.6 Å². The minimum Gasteiger partial charge on any atom is -0.369 e. The average molecular weight is 374 g/mol. The molecule has 0 radical (unpaired) electrons. The van der Waals surface area contributed by atoms with E-state index in [0.717, 1.165) is 42.8 Å². The zero-order valence-corrected chi connectivity index (χ0v) is 16.4. The Hall–Kier alpha value is -1.73. The number of nitrogens with zero attached hydrogens (tertiary/aromatic N) is 4. The highest BCUT2D eigenvalue weighted by Crippen LogP contribution is 2.41. The standard InChI is InChI=1S/C19H27N5OS/c1-23(10-16(20)25)12-6-8-13(9-7-12)24(2)18-17-14-4-3-5-15(14)26-19(17)22-11-21-18/h11-13H,3-10H2,1-2H3,(H2,20,25). The maximum atomic E-state index is 11.2. The van der Waals surface area contributed by atoms with Crippen LogP contribution in [0.4, 0.5) is 5.82 Å². The number of thiophene rings is 1. The minimum absolute atomic E-state index is 0.249. The van der Waals surface area contributed by atoms with E-state index in [4.69, 9.17) is 5.73 Å². The largest absolute Gasteiger partial charge is 0.369 e. The van der Waals surface area contributed by atoms with Gasteiger partial charge in [0, 0.05) is 24.0 Å². The molecule has 0 unspecified atom stereocenters. The lowest BCUT2D eigenvalue weighted by molar-refractivity contribution is -0.119. The number of aromatic nitrogens is 2. The van der Waals surface area contributed by atoms with E-state index >= 15 is 0 Å². The predicted octanol–water partition coefficient (Wildman–Crippen LogP) is 2.34. The van der Waals surface area contributed by atoms with Crippen LogP contribution in [-0.2, 0) is 17.6 Å². The molecule has 2 heterocycles. The molecule has 2 aromatic heterocycles. The molecule has 140 valence electrons. The molecule has 0 aliphatic heterocycles. The summed E-state index contributed by atoms with van der Waals surface area (Å²) in [5.74, 6) is 0.852. The van der Waals surface area contributed by atoms with E-state index in [0.29, 0.717) is 18.6 Å². The van der Waals surface area contributed by atoms with Gasteiger partial charge in [-0.3, -0.25) is 9.69 Å². The molecule has 0 saturated heterocycles. The van der Waals surface area contributed by atoms with Crippen LogP contribution in [0.5, 0.6) is 0 Å². The number of likely N-dealkylation sites (N-methyl/N-ethyl adjacent to an activating group) is 1. The van der Waals surface area contributed by atoms with Crippen LogP contribution in [0.3, 0.4) is 0 Å². The highest BCUT2D eigenvalue weighted by atomic mass is 32.1. The number of amides is 1. The molecule has 4 rings (SSSR count). The summed E-state index contributed by atoms with van der Waals surface area (Å²) in [7, 11) is 4.18. The number of hydrogen-bond donors (Lipinski definition) is 1. The molecule has 2 N–H and O–H groups in total. The van der Waals surface area contributed by atoms with Gasteiger partial charge in [-0.1, -0.05) is 0 Å². The number of primary amides is 1. The molecule has 26 heavy (non-hydrogen) atoms. The smallest absolute Gasteiger partial charge is 0.231 e. The number of anilines is 1. The fraction of sp³-hybridized carbons (Fsp3) is 0.632. The normalized spacial score (nSPS) is 22.7. The van der Waals surface area contributed by atoms with Crippen molar-refractivity contribution in [3.8, 4) is 0 Å². The number of aryl methyl sites for hydroxylation is 2. The second kappa shape index (κ2) is 7.12. The van der Waals surface area contributed by atoms with Crippen molar-refractivity contribution < 1.29 is 4.79 Å². The first kappa shape index (κ1) is 17.7. The molecule has 0 atom stereocenters. The third-order valence-electron chi connectivity index (χ3n) is 6.06. The summed E-state index contributed by atoms with van der Waals surface area (Å²) in [5, 5.41) is 1.29. The number of hydrogen-bond acceptors (Lipinski definition) is 6. The Bertz CT molecular complexity index is 812. The summed E-state index contributed by atoms with van der Waals surface area (Å²) >= 11 is 1.85. The Morgan fingerprint density at radius 1 is 1.19 bits per heavy atom. The Kier molecular flexibility index (Phi) is 4.84. The zero-order valence-electron chi connectivity index (χ0n) is 15.6. The first-order valence-corrected chi connectivity index (χ1v) is 10.3. The molecular weight excluding hydrogens is 346 g/mol. The van der Waals surface area contributed by atoms with Crippen molar-refractivity contribution in [3.05, 3.63) is 16.8 Å². The summed E-state index contributed by atoms with van der Waals surface area (Å²) in [5.41, 5.74) is 6.83. The van der Waals surface area contributed by atoms with Gasteiger partial charge in [0.25, 0.3) is 0 Å². The summed E-state index contributed by atoms with van der Waals surface area (Å²) in [4.78, 5) is 27.5. The number of fused-ring (bicyclic) bond motifs is 3. The first-order chi connectivity index (χ1) is 12.5. The molecule has 1 amide bonds. The Labute approximate surface area is 158 Å². The van der Waals surface area contributed by atoms with Gasteiger partial charge in [-0.25, -0.2) is 9.97 Å². The summed E-state index contributed by atoms with van der Waals surface area (Å²) in [6.45, 7) is 0.346. The molecule has 6 nitrogen and oxygen atoms in total. The lowest BCUT2D eigenvalue weighted by Gasteiger charge is -2.38. The van der Waals surface area contributed by atoms with Crippen molar-refractivity contribution in [1.29, 1.82) is 0 Å². The summed E-state index contributed by atoms with van der Waals surface area (Å²) in [6.07, 6.45) is 9.73. The molecule has 0 aromatic carbocycles. The van der Waals surface area contributed by atoms with Gasteiger partial charge in [0.15, 0.2) is 0 Å². The second-order valence-electron chi connectivity index (χ2n) is 7.69. The molecule has 1 fully saturated rings. The monoisotopic (exact) mass is 373 g/mol. The van der Waals surface area contributed by atoms with E-state index in [2.05, 4.69) is 26.8 Å². The summed E-state index contributed by atoms with van der Waals surface area (Å²) < 4.78 is 0. The fourth-order valence-electron chi connectivity index (χ4n) is 4.61. The van der Waals surface area contributed by atoms with Gasteiger partial charge in [0.1, 0.15) is 17.0 Å². The van der Waals surface area contributed by atoms with Gasteiger partial charge < -0.3 is 10.6 Å². The van der Waals surface area contributed by atoms with Gasteiger partial charge >= 0.3 is 0 Å². The van der Waals surface area contributed by atoms with E-state index in [1.807, 2.05) is 18.4 Å². The van der Waals surface area contributed by atoms with Gasteiger partial charge in [0.2, 0.25) is 5.91 Å². The Morgan fingerprint density at radius 3 is 2.65 bits per heavy atom. The van der Waals surface area contributed by atoms with Crippen LogP contribution in [0.1, 0.15) is 42.5 Å². The average Bonchev–Trinajstić information content (AvgIpc) is 3.21. The van der Waals surface area contributed by atoms with Crippen molar-refractivity contribution >= 4 is 33.3 Å². The Balaban J connectivity index is 1.50. The van der Waals surface area contributed by atoms with Gasteiger partial charge in [-0.15, -0.1) is 11.3 Å². The third kappa shape index (κ3) is 3.18. The van der Waals surface area contributed by atoms with Crippen molar-refractivity contribution in [1.82, 2.24) is 14.9 Å². The maximum Gasteiger partial charge on any atom is 0.231 e. The van der Waals surface area contributed by atoms with Gasteiger partial charge in [0.05, 0.1) is 11.9 Å². The SMILES string of the molecule is CN(CC(N)=O)C1CCC(N(C)c2ncnc3sc4c(c23)CCC4)CC1. The molecular formula is C19H27N5OS. The molecule has 2 aromatic rings. The molecule has 7 heteroatoms. The summed E-state index contributed by atoms with van der Waals surface area (Å²) in [6, 6.07) is 0.936. The third-order valence-corrected chi connectivity index (χ3v) is 7.26. The zero-order chi connectivity index (χ0) is 18.3. The van der Waals surface area contributed by atoms with Crippen molar-refractivity contribution in [3.63, 3.8) is 0 Å². The lowest BCUT2D eigenvalue weighted by Crippen LogP contribution is -2.44. The second-order valence-corrected chi connectivity index (χ2v) is 8.77. The van der Waals surface area contributed by atoms with Crippen LogP contribution >= 0.6 is 11.3 Å². The van der Waals surface area contributed by atoms with Gasteiger partial charge in [-0.05, 0) is 57.6 Å². The van der Waals surface area contributed by atoms with E-state index in [1.54, 1.807) is 6.33 Å². The quantitative estimate of drug-likeness (QED) is 0.871. The molecule has 0 spiro atoms. The highest BCUT2D eigenvalue weighted by molar-refractivity contribution is 7.19. The highest BCUT2D eigenvalue weighted by Gasteiger charge is 2.29. The number of carbonyl (C=O) groups is 1. The topological polar surface area (TPSA) is 75.3 Å². The van der Waals surface area contributed by atoms with Crippen LogP contribution in [-0.4, -0.2) is 53.5 Å². The molecule has 1 saturated carbocycles. The van der Waals surface area contributed by atoms with Crippen molar-refractivity contribution in [2.24, 2.45) is 5.73 Å². The van der Waals surface area contributed by atoms with E-state index < -0.39 is 0 Å². The van der Waals surface area contributed by atoms with Crippen LogP contribution in [0.25, 0.3) is 10.2 Å². The fourth-order valence-corrected chi connectivity index (χ4v) is 5.84. The van der Waals surface area contributed by atoms with Crippen LogP contribution in [0.15, 0.2) is 6.33 Å². The predicted molar refractivity (Wildman–Crippen MR) is 106 cm³/mol. The van der Waals surface area contributed by atoms with E-state index in [-0.39, 0.29) is 5.91 Å². The van der Waals surface area contributed by atoms with Crippen molar-refractivity contribution in [2.75, 3.05) is 25.5 Å². The molecule has 0 bridgehead atoms.